The van der Waals surface area contributed by atoms with Gasteiger partial charge in [-0.1, -0.05) is 10.4 Å². The molecule has 2 aromatic rings. The third-order valence-corrected chi connectivity index (χ3v) is 7.02. The van der Waals surface area contributed by atoms with Crippen molar-refractivity contribution in [3.63, 3.8) is 0 Å². The Balaban J connectivity index is 1.48. The van der Waals surface area contributed by atoms with Gasteiger partial charge in [0.2, 0.25) is 5.91 Å². The number of amides is 1. The highest BCUT2D eigenvalue weighted by atomic mass is 16.6. The summed E-state index contributed by atoms with van der Waals surface area (Å²) < 4.78 is 54.1. The molecule has 2 heterocycles. The zero-order valence-electron chi connectivity index (χ0n) is 30.6. The van der Waals surface area contributed by atoms with Crippen molar-refractivity contribution in [3.05, 3.63) is 23.8 Å². The molecule has 0 aliphatic rings. The average Bonchev–Trinajstić information content (AvgIpc) is 3.79. The number of nitrogens with two attached hydrogens (primary N) is 1. The van der Waals surface area contributed by atoms with Gasteiger partial charge in [0.1, 0.15) is 0 Å². The van der Waals surface area contributed by atoms with E-state index in [0.717, 1.165) is 31.0 Å². The Morgan fingerprint density at radius 2 is 1.00 bits per heavy atom. The van der Waals surface area contributed by atoms with Crippen LogP contribution in [0.5, 0.6) is 0 Å². The largest absolute Gasteiger partial charge is 0.379 e. The molecular weight excluding hydrogens is 670 g/mol. The van der Waals surface area contributed by atoms with Crippen LogP contribution in [-0.4, -0.2) is 186 Å². The Bertz CT molecular complexity index is 1080. The maximum Gasteiger partial charge on any atom is 0.222 e. The van der Waals surface area contributed by atoms with Gasteiger partial charge in [0, 0.05) is 52.0 Å². The zero-order valence-corrected chi connectivity index (χ0v) is 30.6. The molecular formula is C32H61N9O10. The number of ether oxygens (including phenoxy) is 9. The summed E-state index contributed by atoms with van der Waals surface area (Å²) in [6.07, 6.45) is 4.04. The number of carbonyl (C=O) groups excluding carboxylic acids is 1. The molecule has 0 aromatic carbocycles. The molecule has 0 radical (unpaired) electrons. The van der Waals surface area contributed by atoms with Gasteiger partial charge in [0.05, 0.1) is 143 Å². The third kappa shape index (κ3) is 25.8. The van der Waals surface area contributed by atoms with Gasteiger partial charge in [-0.3, -0.25) is 9.69 Å². The molecule has 51 heavy (non-hydrogen) atoms. The molecule has 0 bridgehead atoms. The van der Waals surface area contributed by atoms with Gasteiger partial charge in [-0.2, -0.15) is 0 Å². The standard InChI is InChI=1S/C32H61N9O10/c1-30-28-40(37-35-30)7-13-47-19-25-50-23-17-45-11-5-39(4-10-44-16-22-49-21-15-43-9-3-32(42)34-2)6-12-46-18-24-51-26-20-48-14-8-41-29-31(27-33)36-38-41/h28-29H,3-27,33H2,1-2H3,(H,34,42). The van der Waals surface area contributed by atoms with Crippen LogP contribution in [0.15, 0.2) is 12.4 Å². The lowest BCUT2D eigenvalue weighted by molar-refractivity contribution is -0.121. The quantitative estimate of drug-likeness (QED) is 0.0794. The summed E-state index contributed by atoms with van der Waals surface area (Å²) in [5.41, 5.74) is 7.19. The Hall–Kier alpha value is -2.69. The number of hydrogen-bond donors (Lipinski definition) is 2. The lowest BCUT2D eigenvalue weighted by Gasteiger charge is -2.22. The molecule has 0 unspecified atom stereocenters. The van der Waals surface area contributed by atoms with E-state index in [1.807, 2.05) is 19.3 Å². The van der Waals surface area contributed by atoms with Crippen LogP contribution >= 0.6 is 0 Å². The summed E-state index contributed by atoms with van der Waals surface area (Å²) in [6, 6.07) is 0. The van der Waals surface area contributed by atoms with Crippen molar-refractivity contribution < 1.29 is 47.4 Å². The number of nitrogens with one attached hydrogen (secondary N) is 1. The first-order valence-corrected chi connectivity index (χ1v) is 17.7. The van der Waals surface area contributed by atoms with Crippen molar-refractivity contribution in [3.8, 4) is 0 Å². The van der Waals surface area contributed by atoms with Crippen LogP contribution in [-0.2, 0) is 67.1 Å². The molecule has 3 N–H and O–H groups in total. The highest BCUT2D eigenvalue weighted by Gasteiger charge is 2.06. The molecule has 0 spiro atoms. The highest BCUT2D eigenvalue weighted by molar-refractivity contribution is 5.75. The lowest BCUT2D eigenvalue weighted by Crippen LogP contribution is -2.34. The second-order valence-electron chi connectivity index (χ2n) is 11.1. The normalized spacial score (nSPS) is 11.6. The van der Waals surface area contributed by atoms with E-state index in [4.69, 9.17) is 48.4 Å². The molecule has 19 heteroatoms. The van der Waals surface area contributed by atoms with E-state index in [0.29, 0.717) is 145 Å². The van der Waals surface area contributed by atoms with Gasteiger partial charge in [-0.15, -0.1) is 10.2 Å². The van der Waals surface area contributed by atoms with Gasteiger partial charge in [0.15, 0.2) is 0 Å². The molecule has 0 saturated heterocycles. The van der Waals surface area contributed by atoms with Crippen molar-refractivity contribution >= 4 is 5.91 Å². The van der Waals surface area contributed by atoms with E-state index in [1.54, 1.807) is 16.4 Å². The maximum absolute atomic E-state index is 11.2. The minimum atomic E-state index is -0.0422. The summed E-state index contributed by atoms with van der Waals surface area (Å²) in [6.45, 7) is 14.7. The predicted molar refractivity (Wildman–Crippen MR) is 185 cm³/mol. The SMILES string of the molecule is CNC(=O)CCOCCOCCOCCN(CCOCCOCCOCCn1cc(C)nn1)CCOCCOCCOCCn1cc(CN)nn1. The minimum Gasteiger partial charge on any atom is -0.379 e. The molecule has 0 atom stereocenters. The van der Waals surface area contributed by atoms with Crippen molar-refractivity contribution in [2.24, 2.45) is 5.73 Å². The molecule has 0 aliphatic heterocycles. The number of aryl methyl sites for hydroxylation is 1. The Labute approximate surface area is 301 Å². The summed E-state index contributed by atoms with van der Waals surface area (Å²) in [5, 5.41) is 18.4. The summed E-state index contributed by atoms with van der Waals surface area (Å²) >= 11 is 0. The van der Waals surface area contributed by atoms with E-state index in [1.165, 1.54) is 0 Å². The lowest BCUT2D eigenvalue weighted by atomic mass is 10.4. The van der Waals surface area contributed by atoms with Gasteiger partial charge in [0.25, 0.3) is 0 Å². The highest BCUT2D eigenvalue weighted by Crippen LogP contribution is 1.95. The molecule has 19 nitrogen and oxygen atoms in total. The average molecular weight is 732 g/mol. The number of nitrogens with zero attached hydrogens (tertiary/aromatic N) is 7. The monoisotopic (exact) mass is 731 g/mol. The predicted octanol–water partition coefficient (Wildman–Crippen LogP) is -1.08. The number of hydrogen-bond acceptors (Lipinski definition) is 16. The van der Waals surface area contributed by atoms with Gasteiger partial charge >= 0.3 is 0 Å². The second-order valence-corrected chi connectivity index (χ2v) is 11.1. The van der Waals surface area contributed by atoms with Gasteiger partial charge in [-0.25, -0.2) is 9.36 Å². The van der Waals surface area contributed by atoms with Gasteiger partial charge in [-0.05, 0) is 6.92 Å². The van der Waals surface area contributed by atoms with Crippen LogP contribution in [0.3, 0.4) is 0 Å². The van der Waals surface area contributed by atoms with Crippen molar-refractivity contribution in [2.75, 3.05) is 146 Å². The van der Waals surface area contributed by atoms with Crippen molar-refractivity contribution in [1.29, 1.82) is 0 Å². The van der Waals surface area contributed by atoms with Crippen LogP contribution in [0, 0.1) is 6.92 Å². The number of aromatic nitrogens is 6. The van der Waals surface area contributed by atoms with E-state index in [2.05, 4.69) is 30.8 Å². The number of rotatable bonds is 37. The van der Waals surface area contributed by atoms with Crippen LogP contribution in [0.2, 0.25) is 0 Å². The van der Waals surface area contributed by atoms with Crippen LogP contribution in [0.4, 0.5) is 0 Å². The molecule has 2 rings (SSSR count). The molecule has 0 fully saturated rings. The summed E-state index contributed by atoms with van der Waals surface area (Å²) in [7, 11) is 1.61. The fourth-order valence-electron chi connectivity index (χ4n) is 4.19. The number of carbonyl (C=O) groups is 1. The Morgan fingerprint density at radius 3 is 1.39 bits per heavy atom. The van der Waals surface area contributed by atoms with E-state index in [9.17, 15) is 4.79 Å². The van der Waals surface area contributed by atoms with Crippen LogP contribution < -0.4 is 11.1 Å². The Morgan fingerprint density at radius 1 is 0.608 bits per heavy atom. The summed E-state index contributed by atoms with van der Waals surface area (Å²) in [5.74, 6) is -0.0422. The first kappa shape index (κ1) is 44.5. The Kier molecular flexibility index (Phi) is 27.9. The van der Waals surface area contributed by atoms with Crippen molar-refractivity contribution in [1.82, 2.24) is 40.2 Å². The van der Waals surface area contributed by atoms with E-state index in [-0.39, 0.29) is 5.91 Å². The van der Waals surface area contributed by atoms with E-state index < -0.39 is 0 Å². The fourth-order valence-corrected chi connectivity index (χ4v) is 4.19. The maximum atomic E-state index is 11.2. The molecule has 0 saturated carbocycles. The van der Waals surface area contributed by atoms with E-state index >= 15 is 0 Å². The van der Waals surface area contributed by atoms with Crippen LogP contribution in [0.25, 0.3) is 0 Å². The van der Waals surface area contributed by atoms with Crippen molar-refractivity contribution in [2.45, 2.75) is 33.0 Å². The second kappa shape index (κ2) is 32.0. The first-order chi connectivity index (χ1) is 25.1. The molecule has 294 valence electrons. The van der Waals surface area contributed by atoms with Gasteiger partial charge < -0.3 is 53.7 Å². The first-order valence-electron chi connectivity index (χ1n) is 17.7. The smallest absolute Gasteiger partial charge is 0.222 e. The van der Waals surface area contributed by atoms with Crippen LogP contribution in [0.1, 0.15) is 17.8 Å². The zero-order chi connectivity index (χ0) is 36.5. The molecule has 2 aromatic heterocycles. The topological polar surface area (TPSA) is 203 Å². The minimum absolute atomic E-state index is 0.0422. The fraction of sp³-hybridized carbons (Fsp3) is 0.844. The molecule has 1 amide bonds. The molecule has 0 aliphatic carbocycles. The third-order valence-electron chi connectivity index (χ3n) is 7.02. The summed E-state index contributed by atoms with van der Waals surface area (Å²) in [4.78, 5) is 13.4.